The topological polar surface area (TPSA) is 267 Å². The van der Waals surface area contributed by atoms with E-state index >= 15 is 4.79 Å². The molecule has 11 aromatic rings. The van der Waals surface area contributed by atoms with Crippen LogP contribution in [0.1, 0.15) is 66.7 Å². The minimum atomic E-state index is -0.0886. The van der Waals surface area contributed by atoms with Crippen LogP contribution in [0.3, 0.4) is 0 Å². The Labute approximate surface area is 409 Å². The molecule has 20 nitrogen and oxygen atoms in total. The van der Waals surface area contributed by atoms with Crippen molar-refractivity contribution in [3.05, 3.63) is 123 Å². The third kappa shape index (κ3) is 6.91. The van der Waals surface area contributed by atoms with Gasteiger partial charge in [-0.15, -0.1) is 0 Å². The maximum atomic E-state index is 15.1. The zero-order valence-corrected chi connectivity index (χ0v) is 39.8. The Hall–Kier alpha value is -8.78. The van der Waals surface area contributed by atoms with E-state index in [1.54, 1.807) is 23.1 Å². The molecule has 0 bridgehead atoms. The standard InChI is InChI=1S/C52H49N17O3/c1-26-6-4-7-28-18-35(68(33-8-5-9-33)50(70)39(26)28)24-67-49-42(43(63-67)29-10-11-38-37(20-29)60-52(55)72-38)46(54)61-47(62-49)31-16-27(2)40-30(17-31)19-36(69(51(40)71)34-12-14-65(3)15-13-34)23-66-48-41(45(53)56-25-57-48)44(64-66)32-21-58-59-22-32/h4,6-7,10-11,16-22,25,33-34H,5,8-9,12-15,23-24H2,1-3H3,(H2,55,60)(H,58,59)(H2,53,56,57)(H2,54,61,62). The maximum Gasteiger partial charge on any atom is 0.292 e. The van der Waals surface area contributed by atoms with E-state index in [2.05, 4.69) is 49.2 Å². The molecule has 0 radical (unpaired) electrons. The fraction of sp³-hybridized carbons (Fsp3) is 0.269. The van der Waals surface area contributed by atoms with Gasteiger partial charge in [0, 0.05) is 46.4 Å². The first-order valence-corrected chi connectivity index (χ1v) is 24.1. The van der Waals surface area contributed by atoms with E-state index in [1.165, 1.54) is 6.33 Å². The number of nitrogens with zero attached hydrogens (tertiary/aromatic N) is 13. The van der Waals surface area contributed by atoms with Gasteiger partial charge in [0.15, 0.2) is 22.7 Å². The quantitative estimate of drug-likeness (QED) is 0.114. The van der Waals surface area contributed by atoms with Gasteiger partial charge in [-0.25, -0.2) is 29.3 Å². The van der Waals surface area contributed by atoms with Crippen molar-refractivity contribution in [2.45, 2.75) is 71.1 Å². The number of aryl methyl sites for hydroxylation is 2. The molecule has 1 aliphatic carbocycles. The minimum absolute atomic E-state index is 0.0108. The molecule has 3 aromatic carbocycles. The fourth-order valence-corrected chi connectivity index (χ4v) is 11.1. The van der Waals surface area contributed by atoms with Crippen LogP contribution < -0.4 is 28.3 Å². The number of oxazole rings is 1. The number of piperidine rings is 1. The van der Waals surface area contributed by atoms with E-state index in [4.69, 9.17) is 41.8 Å². The van der Waals surface area contributed by atoms with E-state index in [0.29, 0.717) is 78.1 Å². The lowest BCUT2D eigenvalue weighted by Crippen LogP contribution is -2.37. The number of anilines is 3. The van der Waals surface area contributed by atoms with Crippen LogP contribution in [-0.4, -0.2) is 88.8 Å². The Balaban J connectivity index is 0.990. The molecule has 1 saturated carbocycles. The molecule has 0 unspecified atom stereocenters. The number of rotatable bonds is 9. The number of hydrogen-bond acceptors (Lipinski definition) is 15. The maximum absolute atomic E-state index is 15.1. The predicted molar refractivity (Wildman–Crippen MR) is 276 cm³/mol. The first-order valence-electron chi connectivity index (χ1n) is 24.1. The lowest BCUT2D eigenvalue weighted by Gasteiger charge is -2.32. The summed E-state index contributed by atoms with van der Waals surface area (Å²) in [7, 11) is 2.11. The number of fused-ring (bicyclic) bond motifs is 5. The molecular formula is C52H49N17O3. The number of benzene rings is 3. The summed E-state index contributed by atoms with van der Waals surface area (Å²) in [5.41, 5.74) is 28.0. The fourth-order valence-electron chi connectivity index (χ4n) is 11.1. The molecule has 0 amide bonds. The highest BCUT2D eigenvalue weighted by Gasteiger charge is 2.29. The molecule has 2 aliphatic rings. The highest BCUT2D eigenvalue weighted by molar-refractivity contribution is 6.01. The number of nitrogen functional groups attached to an aromatic ring is 3. The molecule has 1 aliphatic heterocycles. The lowest BCUT2D eigenvalue weighted by molar-refractivity contribution is 0.216. The zero-order valence-electron chi connectivity index (χ0n) is 39.8. The zero-order chi connectivity index (χ0) is 49.1. The van der Waals surface area contributed by atoms with Gasteiger partial charge in [-0.3, -0.25) is 14.7 Å². The molecule has 9 heterocycles. The van der Waals surface area contributed by atoms with Crippen LogP contribution in [0.5, 0.6) is 0 Å². The average molecular weight is 960 g/mol. The highest BCUT2D eigenvalue weighted by atomic mass is 16.4. The Morgan fingerprint density at radius 1 is 0.681 bits per heavy atom. The number of nitrogens with one attached hydrogen (secondary N) is 1. The van der Waals surface area contributed by atoms with E-state index in [-0.39, 0.29) is 48.1 Å². The van der Waals surface area contributed by atoms with Crippen molar-refractivity contribution in [3.8, 4) is 33.9 Å². The summed E-state index contributed by atoms with van der Waals surface area (Å²) in [6, 6.07) is 19.6. The van der Waals surface area contributed by atoms with Gasteiger partial charge in [0.1, 0.15) is 34.9 Å². The normalized spacial score (nSPS) is 15.0. The number of likely N-dealkylation sites (tertiary alicyclic amines) is 1. The van der Waals surface area contributed by atoms with Crippen molar-refractivity contribution < 1.29 is 4.42 Å². The van der Waals surface area contributed by atoms with Crippen LogP contribution in [0.4, 0.5) is 17.7 Å². The van der Waals surface area contributed by atoms with Crippen molar-refractivity contribution in [3.63, 3.8) is 0 Å². The summed E-state index contributed by atoms with van der Waals surface area (Å²) < 4.78 is 13.1. The molecule has 1 saturated heterocycles. The van der Waals surface area contributed by atoms with Gasteiger partial charge in [-0.05, 0) is 130 Å². The van der Waals surface area contributed by atoms with Gasteiger partial charge in [-0.1, -0.05) is 18.2 Å². The van der Waals surface area contributed by atoms with Crippen LogP contribution in [0, 0.1) is 13.8 Å². The summed E-state index contributed by atoms with van der Waals surface area (Å²) in [6.07, 6.45) is 9.34. The van der Waals surface area contributed by atoms with Crippen LogP contribution in [0.15, 0.2) is 93.4 Å². The van der Waals surface area contributed by atoms with Crippen molar-refractivity contribution in [1.82, 2.24) is 68.7 Å². The Bertz CT molecular complexity index is 4130. The van der Waals surface area contributed by atoms with Gasteiger partial charge < -0.3 is 35.7 Å². The summed E-state index contributed by atoms with van der Waals surface area (Å²) >= 11 is 0. The van der Waals surface area contributed by atoms with Crippen molar-refractivity contribution in [1.29, 1.82) is 0 Å². The van der Waals surface area contributed by atoms with E-state index in [0.717, 1.165) is 84.0 Å². The number of nitrogens with two attached hydrogens (primary N) is 3. The summed E-state index contributed by atoms with van der Waals surface area (Å²) in [5, 5.41) is 21.3. The third-order valence-corrected chi connectivity index (χ3v) is 14.8. The van der Waals surface area contributed by atoms with Gasteiger partial charge in [-0.2, -0.15) is 20.3 Å². The number of hydrogen-bond donors (Lipinski definition) is 4. The molecule has 13 rings (SSSR count). The van der Waals surface area contributed by atoms with Crippen molar-refractivity contribution >= 4 is 72.4 Å². The predicted octanol–water partition coefficient (Wildman–Crippen LogP) is 6.91. The third-order valence-electron chi connectivity index (χ3n) is 14.8. The summed E-state index contributed by atoms with van der Waals surface area (Å²) in [6.45, 7) is 6.08. The van der Waals surface area contributed by atoms with Crippen molar-refractivity contribution in [2.75, 3.05) is 37.3 Å². The van der Waals surface area contributed by atoms with Crippen LogP contribution in [0.2, 0.25) is 0 Å². The van der Waals surface area contributed by atoms with Crippen LogP contribution in [-0.2, 0) is 13.1 Å². The second-order valence-electron chi connectivity index (χ2n) is 19.4. The van der Waals surface area contributed by atoms with Crippen molar-refractivity contribution in [2.24, 2.45) is 0 Å². The molecule has 72 heavy (non-hydrogen) atoms. The second kappa shape index (κ2) is 16.4. The SMILES string of the molecule is Cc1cc(-c2nc(N)c3c(-c4ccc5oc(N)nc5c4)nn(Cc4cc5cccc(C)c5c(=O)n4C4CCC4)c3n2)cc2cc(Cn3nc(-c4cn[nH]c4)c4c(N)ncnc43)n(C3CCN(C)CC3)c(=O)c12. The van der Waals surface area contributed by atoms with Gasteiger partial charge in [0.25, 0.3) is 17.1 Å². The minimum Gasteiger partial charge on any atom is -0.424 e. The average Bonchev–Trinajstić information content (AvgIpc) is 4.16. The molecular weight excluding hydrogens is 911 g/mol. The number of pyridine rings is 2. The molecule has 20 heteroatoms. The first-order chi connectivity index (χ1) is 34.9. The Kier molecular flexibility index (Phi) is 9.86. The Morgan fingerprint density at radius 2 is 1.38 bits per heavy atom. The first kappa shape index (κ1) is 43.3. The van der Waals surface area contributed by atoms with Gasteiger partial charge in [0.2, 0.25) is 0 Å². The highest BCUT2D eigenvalue weighted by Crippen LogP contribution is 2.38. The lowest BCUT2D eigenvalue weighted by atomic mass is 9.91. The van der Waals surface area contributed by atoms with Gasteiger partial charge >= 0.3 is 0 Å². The van der Waals surface area contributed by atoms with E-state index in [1.807, 2.05) is 70.1 Å². The molecule has 0 spiro atoms. The Morgan fingerprint density at radius 3 is 2.10 bits per heavy atom. The molecule has 7 N–H and O–H groups in total. The number of aromatic nitrogens is 13. The van der Waals surface area contributed by atoms with Gasteiger partial charge in [0.05, 0.1) is 40.8 Å². The molecule has 360 valence electrons. The number of H-pyrrole nitrogens is 1. The van der Waals surface area contributed by atoms with E-state index in [9.17, 15) is 4.79 Å². The number of aromatic amines is 1. The van der Waals surface area contributed by atoms with E-state index < -0.39 is 0 Å². The molecule has 2 fully saturated rings. The molecule has 8 aromatic heterocycles. The summed E-state index contributed by atoms with van der Waals surface area (Å²) in [5.74, 6) is 0.844. The smallest absolute Gasteiger partial charge is 0.292 e. The largest absolute Gasteiger partial charge is 0.424 e. The monoisotopic (exact) mass is 959 g/mol. The van der Waals surface area contributed by atoms with Crippen LogP contribution >= 0.6 is 0 Å². The second-order valence-corrected chi connectivity index (χ2v) is 19.4. The summed E-state index contributed by atoms with van der Waals surface area (Å²) in [4.78, 5) is 55.5. The van der Waals surface area contributed by atoms with Crippen LogP contribution in [0.25, 0.3) is 88.6 Å². The molecule has 0 atom stereocenters.